The van der Waals surface area contributed by atoms with Crippen LogP contribution in [0, 0.1) is 0 Å². The van der Waals surface area contributed by atoms with Gasteiger partial charge in [-0.1, -0.05) is 186 Å². The number of nitrogens with one attached hydrogen (secondary N) is 1. The van der Waals surface area contributed by atoms with Crippen LogP contribution in [-0.4, -0.2) is 73.4 Å². The first-order chi connectivity index (χ1) is 31.0. The number of allylic oxidation sites excluding steroid dienone is 21. The van der Waals surface area contributed by atoms with Gasteiger partial charge in [0, 0.05) is 6.42 Å². The van der Waals surface area contributed by atoms with E-state index in [1.54, 1.807) is 6.08 Å². The number of hydrogen-bond donors (Lipinski definition) is 3. The smallest absolute Gasteiger partial charge is 0.387 e. The van der Waals surface area contributed by atoms with Crippen LogP contribution in [0.5, 0.6) is 0 Å². The summed E-state index contributed by atoms with van der Waals surface area (Å²) < 4.78 is 23.3. The van der Waals surface area contributed by atoms with Crippen molar-refractivity contribution in [1.82, 2.24) is 5.32 Å². The van der Waals surface area contributed by atoms with Gasteiger partial charge in [-0.25, -0.2) is 4.57 Å². The Kier molecular flexibility index (Phi) is 42.5. The standard InChI is InChI=1S/C55H91N2O6P/c1-6-8-10-12-13-14-15-16-17-18-19-20-21-22-23-24-25-26-27-28-29-30-31-32-33-34-35-36-37-38-39-40-41-42-43-45-47-49-55(59)56-53(54(58)48-46-44-11-9-7-2)52-63-64(60,61)62-51-50-57(3,4)5/h8,10,13-14,16-17,19-20,22-23,25-26,28-29,31-32,34-35,37-38,46,48,53-54,58H,6-7,9,11-12,15,18,21,24,27,30,33,36,39-45,47,49-52H2,1-5H3,(H-,56,59,60,61)/p+1/b10-8-,14-13-,17-16-,20-19-,23-22-,26-25-,29-28-,32-31-,35-34-,38-37-,48-46+. The van der Waals surface area contributed by atoms with E-state index in [1.807, 2.05) is 27.2 Å². The number of carbonyl (C=O) groups is 1. The molecule has 0 aromatic rings. The van der Waals surface area contributed by atoms with E-state index in [4.69, 9.17) is 9.05 Å². The van der Waals surface area contributed by atoms with Crippen LogP contribution >= 0.6 is 7.82 Å². The third kappa shape index (κ3) is 46.6. The molecular weight excluding hydrogens is 816 g/mol. The van der Waals surface area contributed by atoms with Crippen molar-refractivity contribution < 1.29 is 32.9 Å². The van der Waals surface area contributed by atoms with Crippen LogP contribution in [0.2, 0.25) is 0 Å². The van der Waals surface area contributed by atoms with E-state index in [-0.39, 0.29) is 19.1 Å². The summed E-state index contributed by atoms with van der Waals surface area (Å²) in [6.07, 6.45) is 68.8. The van der Waals surface area contributed by atoms with Crippen LogP contribution in [0.3, 0.4) is 0 Å². The molecule has 0 bridgehead atoms. The molecule has 362 valence electrons. The Morgan fingerprint density at radius 2 is 0.938 bits per heavy atom. The Morgan fingerprint density at radius 1 is 0.547 bits per heavy atom. The summed E-state index contributed by atoms with van der Waals surface area (Å²) in [5.41, 5.74) is 0. The van der Waals surface area contributed by atoms with Gasteiger partial charge in [0.15, 0.2) is 0 Å². The van der Waals surface area contributed by atoms with Crippen molar-refractivity contribution in [2.24, 2.45) is 0 Å². The maximum Gasteiger partial charge on any atom is 0.472 e. The van der Waals surface area contributed by atoms with Gasteiger partial charge >= 0.3 is 7.82 Å². The van der Waals surface area contributed by atoms with Gasteiger partial charge in [0.1, 0.15) is 13.2 Å². The van der Waals surface area contributed by atoms with E-state index in [9.17, 15) is 19.4 Å². The number of amides is 1. The van der Waals surface area contributed by atoms with E-state index < -0.39 is 20.0 Å². The SMILES string of the molecule is CC/C=C\C/C=C\C/C=C\C/C=C\C/C=C\C/C=C\C/C=C\C/C=C\C/C=C\C/C=C\CCCCCCCCC(=O)NC(COP(=O)(O)OCC[N+](C)(C)C)C(O)/C=C/CCCCC. The molecule has 0 aliphatic rings. The zero-order chi connectivity index (χ0) is 47.1. The molecule has 0 radical (unpaired) electrons. The number of rotatable bonds is 42. The third-order valence-electron chi connectivity index (χ3n) is 9.88. The predicted molar refractivity (Wildman–Crippen MR) is 276 cm³/mol. The first-order valence-corrected chi connectivity index (χ1v) is 26.1. The summed E-state index contributed by atoms with van der Waals surface area (Å²) in [6.45, 7) is 4.53. The zero-order valence-corrected chi connectivity index (χ0v) is 41.9. The maximum absolute atomic E-state index is 12.8. The average Bonchev–Trinajstić information content (AvgIpc) is 3.25. The Morgan fingerprint density at radius 3 is 1.38 bits per heavy atom. The van der Waals surface area contributed by atoms with Crippen LogP contribution in [0.15, 0.2) is 134 Å². The summed E-state index contributed by atoms with van der Waals surface area (Å²) in [5, 5.41) is 13.6. The van der Waals surface area contributed by atoms with Gasteiger partial charge in [-0.05, 0) is 96.3 Å². The van der Waals surface area contributed by atoms with E-state index in [2.05, 4.69) is 141 Å². The van der Waals surface area contributed by atoms with Crippen molar-refractivity contribution in [3.8, 4) is 0 Å². The molecule has 0 saturated carbocycles. The Bertz CT molecular complexity index is 1490. The molecule has 0 heterocycles. The molecule has 0 aliphatic heterocycles. The quantitative estimate of drug-likeness (QED) is 0.0244. The topological polar surface area (TPSA) is 105 Å². The molecule has 0 saturated heterocycles. The summed E-state index contributed by atoms with van der Waals surface area (Å²) >= 11 is 0. The zero-order valence-electron chi connectivity index (χ0n) is 41.0. The number of carbonyl (C=O) groups excluding carboxylic acids is 1. The van der Waals surface area contributed by atoms with Gasteiger partial charge in [0.05, 0.1) is 39.9 Å². The Hall–Kier alpha value is -3.36. The molecule has 0 rings (SSSR count). The van der Waals surface area contributed by atoms with Gasteiger partial charge in [-0.2, -0.15) is 0 Å². The lowest BCUT2D eigenvalue weighted by atomic mass is 10.1. The molecule has 3 atom stereocenters. The number of unbranched alkanes of at least 4 members (excludes halogenated alkanes) is 9. The van der Waals surface area contributed by atoms with Crippen molar-refractivity contribution in [2.45, 2.75) is 167 Å². The number of nitrogens with zero attached hydrogens (tertiary/aromatic N) is 1. The van der Waals surface area contributed by atoms with Gasteiger partial charge in [0.2, 0.25) is 5.91 Å². The van der Waals surface area contributed by atoms with Gasteiger partial charge in [-0.3, -0.25) is 13.8 Å². The van der Waals surface area contributed by atoms with Crippen LogP contribution < -0.4 is 5.32 Å². The molecule has 1 amide bonds. The fourth-order valence-corrected chi connectivity index (χ4v) is 6.74. The van der Waals surface area contributed by atoms with Crippen LogP contribution in [0.1, 0.15) is 155 Å². The van der Waals surface area contributed by atoms with E-state index in [1.165, 1.54) is 6.42 Å². The monoisotopic (exact) mass is 908 g/mol. The largest absolute Gasteiger partial charge is 0.472 e. The molecular formula is C55H92N2O6P+. The molecule has 0 aliphatic carbocycles. The van der Waals surface area contributed by atoms with Crippen LogP contribution in [0.25, 0.3) is 0 Å². The summed E-state index contributed by atoms with van der Waals surface area (Å²) in [5.74, 6) is -0.207. The second-order valence-corrected chi connectivity index (χ2v) is 18.6. The fraction of sp³-hybridized carbons (Fsp3) is 0.582. The normalized spacial score (nSPS) is 15.3. The fourth-order valence-electron chi connectivity index (χ4n) is 6.01. The minimum atomic E-state index is -4.34. The highest BCUT2D eigenvalue weighted by atomic mass is 31.2. The lowest BCUT2D eigenvalue weighted by Crippen LogP contribution is -2.45. The number of phosphoric ester groups is 1. The van der Waals surface area contributed by atoms with E-state index in [0.29, 0.717) is 17.4 Å². The van der Waals surface area contributed by atoms with Gasteiger partial charge in [-0.15, -0.1) is 0 Å². The van der Waals surface area contributed by atoms with Crippen molar-refractivity contribution >= 4 is 13.7 Å². The number of aliphatic hydroxyl groups is 1. The molecule has 9 heteroatoms. The third-order valence-corrected chi connectivity index (χ3v) is 10.9. The predicted octanol–water partition coefficient (Wildman–Crippen LogP) is 14.4. The van der Waals surface area contributed by atoms with Gasteiger partial charge in [0.25, 0.3) is 0 Å². The summed E-state index contributed by atoms with van der Waals surface area (Å²) in [6, 6.07) is -0.860. The molecule has 0 spiro atoms. The van der Waals surface area contributed by atoms with Crippen molar-refractivity contribution in [2.75, 3.05) is 40.9 Å². The molecule has 8 nitrogen and oxygen atoms in total. The molecule has 3 N–H and O–H groups in total. The highest BCUT2D eigenvalue weighted by Crippen LogP contribution is 2.43. The lowest BCUT2D eigenvalue weighted by Gasteiger charge is -2.25. The minimum absolute atomic E-state index is 0.0499. The highest BCUT2D eigenvalue weighted by molar-refractivity contribution is 7.47. The number of hydrogen-bond acceptors (Lipinski definition) is 5. The first-order valence-electron chi connectivity index (χ1n) is 24.6. The molecule has 0 aromatic carbocycles. The van der Waals surface area contributed by atoms with Crippen LogP contribution in [-0.2, 0) is 18.4 Å². The van der Waals surface area contributed by atoms with E-state index >= 15 is 0 Å². The Labute approximate surface area is 392 Å². The number of aliphatic hydroxyl groups excluding tert-OH is 1. The number of phosphoric acid groups is 1. The molecule has 0 fully saturated rings. The number of likely N-dealkylation sites (N-methyl/N-ethyl adjacent to an activating group) is 1. The van der Waals surface area contributed by atoms with Crippen LogP contribution in [0.4, 0.5) is 0 Å². The number of quaternary nitrogens is 1. The second kappa shape index (κ2) is 44.8. The Balaban J connectivity index is 4.04. The average molecular weight is 908 g/mol. The highest BCUT2D eigenvalue weighted by Gasteiger charge is 2.27. The first kappa shape index (κ1) is 60.6. The molecule has 64 heavy (non-hydrogen) atoms. The second-order valence-electron chi connectivity index (χ2n) is 17.1. The maximum atomic E-state index is 12.8. The van der Waals surface area contributed by atoms with Crippen molar-refractivity contribution in [3.05, 3.63) is 134 Å². The lowest BCUT2D eigenvalue weighted by molar-refractivity contribution is -0.870. The summed E-state index contributed by atoms with van der Waals surface area (Å²) in [7, 11) is 1.53. The minimum Gasteiger partial charge on any atom is -0.387 e. The van der Waals surface area contributed by atoms with E-state index in [0.717, 1.165) is 128 Å². The van der Waals surface area contributed by atoms with Gasteiger partial charge < -0.3 is 19.8 Å². The molecule has 0 aromatic heterocycles. The van der Waals surface area contributed by atoms with Crippen molar-refractivity contribution in [3.63, 3.8) is 0 Å². The summed E-state index contributed by atoms with van der Waals surface area (Å²) in [4.78, 5) is 22.9. The van der Waals surface area contributed by atoms with Crippen molar-refractivity contribution in [1.29, 1.82) is 0 Å². The molecule has 3 unspecified atom stereocenters.